The SMILES string of the molecule is Cc1cc(C(C)NS(=O)(=O)c2ccc(N)c(F)c2)c(C)s1. The minimum Gasteiger partial charge on any atom is -0.396 e. The highest BCUT2D eigenvalue weighted by Gasteiger charge is 2.21. The predicted octanol–water partition coefficient (Wildman–Crippen LogP) is 3.13. The summed E-state index contributed by atoms with van der Waals surface area (Å²) >= 11 is 1.61. The third-order valence-corrected chi connectivity index (χ3v) is 5.68. The number of hydrogen-bond donors (Lipinski definition) is 2. The van der Waals surface area contributed by atoms with Crippen LogP contribution in [0.1, 0.15) is 28.3 Å². The molecule has 0 saturated carbocycles. The summed E-state index contributed by atoms with van der Waals surface area (Å²) in [5.74, 6) is -0.743. The second kappa shape index (κ2) is 5.75. The van der Waals surface area contributed by atoms with Gasteiger partial charge in [-0.05, 0) is 50.6 Å². The molecule has 0 aliphatic heterocycles. The summed E-state index contributed by atoms with van der Waals surface area (Å²) in [6, 6.07) is 5.03. The number of aryl methyl sites for hydroxylation is 2. The van der Waals surface area contributed by atoms with Gasteiger partial charge in [-0.25, -0.2) is 17.5 Å². The fourth-order valence-electron chi connectivity index (χ4n) is 2.12. The minimum absolute atomic E-state index is 0.0775. The summed E-state index contributed by atoms with van der Waals surface area (Å²) in [7, 11) is -3.80. The number of hydrogen-bond acceptors (Lipinski definition) is 4. The molecule has 1 atom stereocenters. The zero-order valence-corrected chi connectivity index (χ0v) is 13.6. The Morgan fingerprint density at radius 2 is 1.95 bits per heavy atom. The highest BCUT2D eigenvalue weighted by atomic mass is 32.2. The molecule has 2 rings (SSSR count). The van der Waals surface area contributed by atoms with Crippen molar-refractivity contribution in [1.82, 2.24) is 4.72 Å². The molecule has 1 unspecified atom stereocenters. The number of sulfonamides is 1. The van der Waals surface area contributed by atoms with E-state index in [4.69, 9.17) is 5.73 Å². The van der Waals surface area contributed by atoms with Gasteiger partial charge in [0.2, 0.25) is 10.0 Å². The molecule has 114 valence electrons. The molecule has 3 N–H and O–H groups in total. The number of rotatable bonds is 4. The van der Waals surface area contributed by atoms with E-state index in [2.05, 4.69) is 4.72 Å². The van der Waals surface area contributed by atoms with E-state index in [0.717, 1.165) is 21.4 Å². The Morgan fingerprint density at radius 3 is 2.48 bits per heavy atom. The van der Waals surface area contributed by atoms with Crippen molar-refractivity contribution in [2.24, 2.45) is 0 Å². The molecular formula is C14H17FN2O2S2. The summed E-state index contributed by atoms with van der Waals surface area (Å²) in [4.78, 5) is 2.05. The zero-order valence-electron chi connectivity index (χ0n) is 12.0. The fraction of sp³-hybridized carbons (Fsp3) is 0.286. The lowest BCUT2D eigenvalue weighted by Gasteiger charge is -2.14. The van der Waals surface area contributed by atoms with Gasteiger partial charge in [0.25, 0.3) is 0 Å². The van der Waals surface area contributed by atoms with Crippen molar-refractivity contribution >= 4 is 27.0 Å². The van der Waals surface area contributed by atoms with Crippen molar-refractivity contribution in [3.8, 4) is 0 Å². The van der Waals surface area contributed by atoms with Crippen LogP contribution in [0.4, 0.5) is 10.1 Å². The first-order valence-electron chi connectivity index (χ1n) is 6.35. The lowest BCUT2D eigenvalue weighted by molar-refractivity contribution is 0.564. The summed E-state index contributed by atoms with van der Waals surface area (Å²) in [5, 5.41) is 0. The van der Waals surface area contributed by atoms with Crippen LogP contribution in [0.3, 0.4) is 0 Å². The van der Waals surface area contributed by atoms with Crippen LogP contribution in [0, 0.1) is 19.7 Å². The minimum atomic E-state index is -3.80. The second-order valence-electron chi connectivity index (χ2n) is 4.89. The van der Waals surface area contributed by atoms with E-state index in [9.17, 15) is 12.8 Å². The van der Waals surface area contributed by atoms with Crippen LogP contribution in [0.15, 0.2) is 29.2 Å². The number of nitrogen functional groups attached to an aromatic ring is 1. The van der Waals surface area contributed by atoms with Crippen molar-refractivity contribution in [3.05, 3.63) is 45.4 Å². The molecule has 0 saturated heterocycles. The van der Waals surface area contributed by atoms with Gasteiger partial charge in [0, 0.05) is 15.8 Å². The molecule has 1 aromatic heterocycles. The quantitative estimate of drug-likeness (QED) is 0.847. The monoisotopic (exact) mass is 328 g/mol. The molecule has 1 aromatic carbocycles. The van der Waals surface area contributed by atoms with Gasteiger partial charge in [0.1, 0.15) is 5.82 Å². The van der Waals surface area contributed by atoms with E-state index >= 15 is 0 Å². The van der Waals surface area contributed by atoms with Crippen LogP contribution >= 0.6 is 11.3 Å². The first-order valence-corrected chi connectivity index (χ1v) is 8.65. The molecular weight excluding hydrogens is 311 g/mol. The van der Waals surface area contributed by atoms with Gasteiger partial charge < -0.3 is 5.73 Å². The maximum Gasteiger partial charge on any atom is 0.241 e. The summed E-state index contributed by atoms with van der Waals surface area (Å²) in [6.07, 6.45) is 0. The normalized spacial score (nSPS) is 13.3. The molecule has 4 nitrogen and oxygen atoms in total. The molecule has 0 aliphatic rings. The first-order chi connectivity index (χ1) is 9.70. The van der Waals surface area contributed by atoms with Gasteiger partial charge in [-0.1, -0.05) is 0 Å². The Kier molecular flexibility index (Phi) is 4.36. The molecule has 21 heavy (non-hydrogen) atoms. The van der Waals surface area contributed by atoms with Crippen LogP contribution in [0.2, 0.25) is 0 Å². The Labute approximate surface area is 127 Å². The molecule has 0 aliphatic carbocycles. The molecule has 0 bridgehead atoms. The van der Waals surface area contributed by atoms with Crippen LogP contribution in [0.25, 0.3) is 0 Å². The predicted molar refractivity (Wildman–Crippen MR) is 83.3 cm³/mol. The third-order valence-electron chi connectivity index (χ3n) is 3.16. The Morgan fingerprint density at radius 1 is 1.29 bits per heavy atom. The van der Waals surface area contributed by atoms with E-state index in [-0.39, 0.29) is 16.6 Å². The Balaban J connectivity index is 2.28. The summed E-state index contributed by atoms with van der Waals surface area (Å²) in [6.45, 7) is 5.68. The summed E-state index contributed by atoms with van der Waals surface area (Å²) < 4.78 is 40.5. The zero-order chi connectivity index (χ0) is 15.8. The number of anilines is 1. The van der Waals surface area contributed by atoms with Crippen molar-refractivity contribution in [3.63, 3.8) is 0 Å². The number of thiophene rings is 1. The molecule has 0 radical (unpaired) electrons. The lowest BCUT2D eigenvalue weighted by atomic mass is 10.1. The van der Waals surface area contributed by atoms with Crippen molar-refractivity contribution < 1.29 is 12.8 Å². The van der Waals surface area contributed by atoms with E-state index in [1.807, 2.05) is 19.9 Å². The molecule has 1 heterocycles. The van der Waals surface area contributed by atoms with E-state index in [1.165, 1.54) is 12.1 Å². The average molecular weight is 328 g/mol. The third kappa shape index (κ3) is 3.42. The molecule has 0 spiro atoms. The lowest BCUT2D eigenvalue weighted by Crippen LogP contribution is -2.27. The largest absolute Gasteiger partial charge is 0.396 e. The molecule has 0 amide bonds. The van der Waals surface area contributed by atoms with Crippen molar-refractivity contribution in [2.45, 2.75) is 31.7 Å². The standard InChI is InChI=1S/C14H17FN2O2S2/c1-8-6-12(10(3)20-8)9(2)17-21(18,19)11-4-5-14(16)13(15)7-11/h4-7,9,17H,16H2,1-3H3. The number of nitrogens with one attached hydrogen (secondary N) is 1. The van der Waals surface area contributed by atoms with Gasteiger partial charge >= 0.3 is 0 Å². The second-order valence-corrected chi connectivity index (χ2v) is 8.07. The number of halogens is 1. The summed E-state index contributed by atoms with van der Waals surface area (Å²) in [5.41, 5.74) is 6.21. The number of nitrogens with two attached hydrogens (primary N) is 1. The maximum atomic E-state index is 13.4. The van der Waals surface area contributed by atoms with Crippen LogP contribution in [-0.4, -0.2) is 8.42 Å². The topological polar surface area (TPSA) is 72.2 Å². The Hall–Kier alpha value is -1.44. The smallest absolute Gasteiger partial charge is 0.241 e. The molecule has 2 aromatic rings. The average Bonchev–Trinajstić information content (AvgIpc) is 2.71. The highest BCUT2D eigenvalue weighted by molar-refractivity contribution is 7.89. The Bertz CT molecular complexity index is 769. The van der Waals surface area contributed by atoms with Crippen LogP contribution in [-0.2, 0) is 10.0 Å². The van der Waals surface area contributed by atoms with E-state index in [0.29, 0.717) is 0 Å². The molecule has 7 heteroatoms. The van der Waals surface area contributed by atoms with Gasteiger partial charge in [0.15, 0.2) is 0 Å². The first kappa shape index (κ1) is 15.9. The molecule has 0 fully saturated rings. The number of benzene rings is 1. The van der Waals surface area contributed by atoms with Gasteiger partial charge in [-0.15, -0.1) is 11.3 Å². The van der Waals surface area contributed by atoms with Gasteiger partial charge in [-0.3, -0.25) is 0 Å². The fourth-order valence-corrected chi connectivity index (χ4v) is 4.38. The van der Waals surface area contributed by atoms with Gasteiger partial charge in [0.05, 0.1) is 10.6 Å². The van der Waals surface area contributed by atoms with Crippen LogP contribution in [0.5, 0.6) is 0 Å². The van der Waals surface area contributed by atoms with Crippen LogP contribution < -0.4 is 10.5 Å². The van der Waals surface area contributed by atoms with Gasteiger partial charge in [-0.2, -0.15) is 0 Å². The highest BCUT2D eigenvalue weighted by Crippen LogP contribution is 2.27. The van der Waals surface area contributed by atoms with E-state index in [1.54, 1.807) is 18.3 Å². The van der Waals surface area contributed by atoms with Crippen molar-refractivity contribution in [2.75, 3.05) is 5.73 Å². The van der Waals surface area contributed by atoms with E-state index < -0.39 is 15.8 Å². The maximum absolute atomic E-state index is 13.4. The van der Waals surface area contributed by atoms with Crippen molar-refractivity contribution in [1.29, 1.82) is 0 Å².